The van der Waals surface area contributed by atoms with Gasteiger partial charge < -0.3 is 28.4 Å². The van der Waals surface area contributed by atoms with Crippen LogP contribution in [-0.4, -0.2) is 76.4 Å². The summed E-state index contributed by atoms with van der Waals surface area (Å²) in [5.74, 6) is -1.61. The first-order valence-electron chi connectivity index (χ1n) is 9.10. The van der Waals surface area contributed by atoms with Gasteiger partial charge in [-0.25, -0.2) is 14.4 Å². The largest absolute Gasteiger partial charge is 0.460 e. The van der Waals surface area contributed by atoms with Gasteiger partial charge in [0.2, 0.25) is 0 Å². The molecule has 29 heavy (non-hydrogen) atoms. The van der Waals surface area contributed by atoms with Crippen molar-refractivity contribution in [2.45, 2.75) is 18.9 Å². The Hall–Kier alpha value is -2.49. The second-order valence-electron chi connectivity index (χ2n) is 5.61. The highest BCUT2D eigenvalue weighted by molar-refractivity contribution is 5.81. The first-order chi connectivity index (χ1) is 13.9. The van der Waals surface area contributed by atoms with Crippen molar-refractivity contribution >= 4 is 17.9 Å². The monoisotopic (exact) mass is 414 g/mol. The van der Waals surface area contributed by atoms with E-state index in [0.29, 0.717) is 6.42 Å². The van der Waals surface area contributed by atoms with Crippen molar-refractivity contribution in [1.29, 1.82) is 0 Å². The Morgan fingerprint density at radius 2 is 1.07 bits per heavy atom. The van der Waals surface area contributed by atoms with Crippen LogP contribution in [0.4, 0.5) is 0 Å². The van der Waals surface area contributed by atoms with Crippen LogP contribution in [0.3, 0.4) is 0 Å². The Balaban J connectivity index is 4.53. The van der Waals surface area contributed by atoms with E-state index in [2.05, 4.69) is 19.7 Å². The average Bonchev–Trinajstić information content (AvgIpc) is 2.74. The van der Waals surface area contributed by atoms with E-state index in [-0.39, 0.29) is 52.9 Å². The van der Waals surface area contributed by atoms with Crippen LogP contribution in [0.5, 0.6) is 0 Å². The molecule has 164 valence electrons. The average molecular weight is 414 g/mol. The van der Waals surface area contributed by atoms with Gasteiger partial charge in [-0.05, 0) is 6.42 Å². The predicted molar refractivity (Wildman–Crippen MR) is 104 cm³/mol. The quantitative estimate of drug-likeness (QED) is 0.142. The summed E-state index contributed by atoms with van der Waals surface area (Å²) in [5.41, 5.74) is -0.828. The molecule has 0 saturated heterocycles. The zero-order chi connectivity index (χ0) is 22.0. The highest BCUT2D eigenvalue weighted by Gasteiger charge is 2.30. The van der Waals surface area contributed by atoms with Gasteiger partial charge in [-0.1, -0.05) is 26.7 Å². The lowest BCUT2D eigenvalue weighted by atomic mass is 10.0. The van der Waals surface area contributed by atoms with Crippen LogP contribution in [0.25, 0.3) is 0 Å². The van der Waals surface area contributed by atoms with Gasteiger partial charge in [-0.15, -0.1) is 0 Å². The molecule has 0 aromatic rings. The number of rotatable bonds is 18. The van der Waals surface area contributed by atoms with E-state index < -0.39 is 23.5 Å². The van der Waals surface area contributed by atoms with Crippen LogP contribution in [-0.2, 0) is 42.8 Å². The summed E-state index contributed by atoms with van der Waals surface area (Å²) in [6.07, 6.45) is 3.73. The van der Waals surface area contributed by atoms with Crippen LogP contribution in [0.2, 0.25) is 0 Å². The van der Waals surface area contributed by atoms with Crippen molar-refractivity contribution in [2.75, 3.05) is 52.9 Å². The third kappa shape index (κ3) is 13.3. The van der Waals surface area contributed by atoms with E-state index in [1.807, 2.05) is 6.92 Å². The van der Waals surface area contributed by atoms with Gasteiger partial charge in [0.05, 0.1) is 33.0 Å². The topological polar surface area (TPSA) is 107 Å². The van der Waals surface area contributed by atoms with E-state index in [0.717, 1.165) is 18.2 Å². The molecule has 0 fully saturated rings. The van der Waals surface area contributed by atoms with Gasteiger partial charge in [0.15, 0.2) is 0 Å². The molecule has 0 aliphatic heterocycles. The summed E-state index contributed by atoms with van der Waals surface area (Å²) in [4.78, 5) is 33.2. The summed E-state index contributed by atoms with van der Waals surface area (Å²) in [7, 11) is 0. The Morgan fingerprint density at radius 3 is 1.41 bits per heavy atom. The van der Waals surface area contributed by atoms with Crippen LogP contribution < -0.4 is 0 Å². The van der Waals surface area contributed by atoms with E-state index in [9.17, 15) is 14.4 Å². The van der Waals surface area contributed by atoms with Crippen LogP contribution >= 0.6 is 0 Å². The molecule has 9 heteroatoms. The van der Waals surface area contributed by atoms with E-state index in [4.69, 9.17) is 28.4 Å². The first-order valence-corrected chi connectivity index (χ1v) is 9.10. The molecular weight excluding hydrogens is 384 g/mol. The molecule has 9 nitrogen and oxygen atoms in total. The van der Waals surface area contributed by atoms with E-state index in [1.165, 1.54) is 0 Å². The van der Waals surface area contributed by atoms with Crippen molar-refractivity contribution in [3.05, 3.63) is 38.0 Å². The maximum atomic E-state index is 11.1. The fraction of sp³-hybridized carbons (Fsp3) is 0.550. The molecule has 0 saturated carbocycles. The van der Waals surface area contributed by atoms with Gasteiger partial charge in [0.25, 0.3) is 0 Å². The molecule has 0 rings (SSSR count). The molecule has 0 heterocycles. The maximum Gasteiger partial charge on any atom is 0.330 e. The lowest BCUT2D eigenvalue weighted by Gasteiger charge is -2.32. The highest BCUT2D eigenvalue weighted by Crippen LogP contribution is 2.18. The Kier molecular flexibility index (Phi) is 15.0. The van der Waals surface area contributed by atoms with Gasteiger partial charge in [-0.2, -0.15) is 0 Å². The molecule has 0 bridgehead atoms. The number of hydrogen-bond donors (Lipinski definition) is 0. The number of carbonyl (C=O) groups excluding carboxylic acids is 3. The third-order valence-corrected chi connectivity index (χ3v) is 3.55. The van der Waals surface area contributed by atoms with E-state index >= 15 is 0 Å². The lowest BCUT2D eigenvalue weighted by molar-refractivity contribution is -0.161. The van der Waals surface area contributed by atoms with Gasteiger partial charge in [0, 0.05) is 18.2 Å². The minimum Gasteiger partial charge on any atom is -0.460 e. The second kappa shape index (κ2) is 16.5. The fourth-order valence-electron chi connectivity index (χ4n) is 1.93. The maximum absolute atomic E-state index is 11.1. The van der Waals surface area contributed by atoms with Gasteiger partial charge in [0.1, 0.15) is 25.4 Å². The summed E-state index contributed by atoms with van der Waals surface area (Å²) in [6.45, 7) is 12.7. The van der Waals surface area contributed by atoms with Crippen molar-refractivity contribution in [2.24, 2.45) is 0 Å². The number of esters is 3. The SMILES string of the molecule is C=CC(=O)OCCOCC(CC)(COCCOC(=O)C=C)OCCOC(=O)C=C. The van der Waals surface area contributed by atoms with Crippen molar-refractivity contribution in [3.63, 3.8) is 0 Å². The summed E-state index contributed by atoms with van der Waals surface area (Å²) >= 11 is 0. The third-order valence-electron chi connectivity index (χ3n) is 3.55. The molecule has 0 amide bonds. The highest BCUT2D eigenvalue weighted by atomic mass is 16.6. The van der Waals surface area contributed by atoms with Crippen molar-refractivity contribution in [3.8, 4) is 0 Å². The predicted octanol–water partition coefficient (Wildman–Crippen LogP) is 1.37. The van der Waals surface area contributed by atoms with Crippen LogP contribution in [0, 0.1) is 0 Å². The Bertz CT molecular complexity index is 512. The lowest BCUT2D eigenvalue weighted by Crippen LogP contribution is -2.43. The summed E-state index contributed by atoms with van der Waals surface area (Å²) < 4.78 is 31.6. The molecular formula is C20H30O9. The minimum absolute atomic E-state index is 0.0422. The Labute approximate surface area is 171 Å². The molecule has 0 atom stereocenters. The van der Waals surface area contributed by atoms with Crippen molar-refractivity contribution in [1.82, 2.24) is 0 Å². The molecule has 0 aromatic heterocycles. The summed E-state index contributed by atoms with van der Waals surface area (Å²) in [6, 6.07) is 0. The molecule has 0 N–H and O–H groups in total. The summed E-state index contributed by atoms with van der Waals surface area (Å²) in [5, 5.41) is 0. The molecule has 0 radical (unpaired) electrons. The number of hydrogen-bond acceptors (Lipinski definition) is 9. The molecule has 0 aromatic carbocycles. The van der Waals surface area contributed by atoms with E-state index in [1.54, 1.807) is 0 Å². The standard InChI is InChI=1S/C20H30O9/c1-5-17(21)26-11-9-24-15-20(8-4,29-14-13-28-19(23)7-3)16-25-10-12-27-18(22)6-2/h5-7H,1-3,8-16H2,4H3. The first kappa shape index (κ1) is 26.5. The zero-order valence-corrected chi connectivity index (χ0v) is 16.9. The van der Waals surface area contributed by atoms with Gasteiger partial charge >= 0.3 is 17.9 Å². The molecule has 0 spiro atoms. The molecule has 0 aliphatic carbocycles. The zero-order valence-electron chi connectivity index (χ0n) is 16.9. The second-order valence-corrected chi connectivity index (χ2v) is 5.61. The van der Waals surface area contributed by atoms with Crippen molar-refractivity contribution < 1.29 is 42.8 Å². The minimum atomic E-state index is -0.828. The smallest absolute Gasteiger partial charge is 0.330 e. The van der Waals surface area contributed by atoms with Crippen LogP contribution in [0.1, 0.15) is 13.3 Å². The Morgan fingerprint density at radius 1 is 0.690 bits per heavy atom. The fourth-order valence-corrected chi connectivity index (χ4v) is 1.93. The molecule has 0 aliphatic rings. The van der Waals surface area contributed by atoms with Gasteiger partial charge in [-0.3, -0.25) is 0 Å². The number of carbonyl (C=O) groups is 3. The van der Waals surface area contributed by atoms with Crippen LogP contribution in [0.15, 0.2) is 38.0 Å². The molecule has 0 unspecified atom stereocenters. The normalized spacial score (nSPS) is 10.7. The number of ether oxygens (including phenoxy) is 6.